The van der Waals surface area contributed by atoms with Gasteiger partial charge in [0.05, 0.1) is 6.61 Å². The van der Waals surface area contributed by atoms with Crippen LogP contribution in [-0.4, -0.2) is 13.7 Å². The molecule has 0 amide bonds. The number of benzene rings is 1. The number of nitrogens with one attached hydrogen (secondary N) is 1. The highest BCUT2D eigenvalue weighted by molar-refractivity contribution is 9.10. The summed E-state index contributed by atoms with van der Waals surface area (Å²) in [5, 5.41) is 3.53. The Kier molecular flexibility index (Phi) is 4.24. The number of hydrogen-bond acceptors (Lipinski definition) is 2. The summed E-state index contributed by atoms with van der Waals surface area (Å²) >= 11 is 3.57. The average Bonchev–Trinajstić information content (AvgIpc) is 2.20. The maximum atomic E-state index is 5.23. The van der Waals surface area contributed by atoms with Gasteiger partial charge in [-0.3, -0.25) is 0 Å². The molecule has 0 spiro atoms. The number of ether oxygens (including phenoxy) is 1. The molecule has 0 atom stereocenters. The fraction of sp³-hybridized carbons (Fsp3) is 0.538. The van der Waals surface area contributed by atoms with E-state index < -0.39 is 0 Å². The van der Waals surface area contributed by atoms with Crippen molar-refractivity contribution in [2.45, 2.75) is 25.9 Å². The lowest BCUT2D eigenvalue weighted by atomic mass is 9.85. The van der Waals surface area contributed by atoms with Crippen molar-refractivity contribution < 1.29 is 4.74 Å². The van der Waals surface area contributed by atoms with Crippen LogP contribution in [0.25, 0.3) is 0 Å². The summed E-state index contributed by atoms with van der Waals surface area (Å²) in [6.45, 7) is 1.74. The summed E-state index contributed by atoms with van der Waals surface area (Å²) in [7, 11) is 1.73. The zero-order chi connectivity index (χ0) is 11.4. The first-order chi connectivity index (χ1) is 7.81. The highest BCUT2D eigenvalue weighted by Gasteiger charge is 2.17. The van der Waals surface area contributed by atoms with Crippen LogP contribution in [0, 0.1) is 5.92 Å². The molecule has 0 aliphatic heterocycles. The van der Waals surface area contributed by atoms with E-state index in [1.807, 2.05) is 0 Å². The van der Waals surface area contributed by atoms with Gasteiger partial charge >= 0.3 is 0 Å². The van der Waals surface area contributed by atoms with Crippen molar-refractivity contribution in [3.05, 3.63) is 28.2 Å². The van der Waals surface area contributed by atoms with Gasteiger partial charge in [-0.2, -0.15) is 0 Å². The lowest BCUT2D eigenvalue weighted by Gasteiger charge is -2.26. The van der Waals surface area contributed by atoms with Crippen molar-refractivity contribution in [3.63, 3.8) is 0 Å². The number of methoxy groups -OCH3 is 1. The Labute approximate surface area is 106 Å². The first kappa shape index (κ1) is 11.9. The van der Waals surface area contributed by atoms with Gasteiger partial charge in [-0.15, -0.1) is 0 Å². The second-order valence-electron chi connectivity index (χ2n) is 4.38. The van der Waals surface area contributed by atoms with Crippen LogP contribution < -0.4 is 5.32 Å². The molecule has 0 aromatic heterocycles. The van der Waals surface area contributed by atoms with Gasteiger partial charge in [0.15, 0.2) is 0 Å². The van der Waals surface area contributed by atoms with E-state index in [0.717, 1.165) is 16.9 Å². The van der Waals surface area contributed by atoms with Gasteiger partial charge < -0.3 is 10.1 Å². The van der Waals surface area contributed by atoms with Crippen molar-refractivity contribution >= 4 is 21.6 Å². The minimum Gasteiger partial charge on any atom is -0.384 e. The maximum absolute atomic E-state index is 5.23. The van der Waals surface area contributed by atoms with Gasteiger partial charge in [0.2, 0.25) is 0 Å². The predicted molar refractivity (Wildman–Crippen MR) is 70.7 cm³/mol. The molecule has 1 aromatic rings. The van der Waals surface area contributed by atoms with Crippen molar-refractivity contribution in [2.75, 3.05) is 19.0 Å². The Morgan fingerprint density at radius 1 is 1.44 bits per heavy atom. The second kappa shape index (κ2) is 5.69. The van der Waals surface area contributed by atoms with Gasteiger partial charge in [0, 0.05) is 29.4 Å². The Morgan fingerprint density at radius 2 is 2.25 bits per heavy atom. The summed E-state index contributed by atoms with van der Waals surface area (Å²) in [6.07, 6.45) is 4.15. The molecule has 1 aliphatic carbocycles. The summed E-state index contributed by atoms with van der Waals surface area (Å²) in [6, 6.07) is 6.24. The Bertz CT molecular complexity index is 350. The Balaban J connectivity index is 2.02. The highest BCUT2D eigenvalue weighted by Crippen LogP contribution is 2.29. The van der Waals surface area contributed by atoms with Crippen molar-refractivity contribution in [3.8, 4) is 0 Å². The molecule has 1 N–H and O–H groups in total. The quantitative estimate of drug-likeness (QED) is 0.887. The molecular weight excluding hydrogens is 266 g/mol. The van der Waals surface area contributed by atoms with Crippen molar-refractivity contribution in [1.29, 1.82) is 0 Å². The SMILES string of the molecule is COCc1c(Br)cccc1NCC1CCC1. The third kappa shape index (κ3) is 2.77. The number of rotatable bonds is 5. The van der Waals surface area contributed by atoms with Crippen molar-refractivity contribution in [2.24, 2.45) is 5.92 Å². The summed E-state index contributed by atoms with van der Waals surface area (Å²) in [5.74, 6) is 0.870. The minimum absolute atomic E-state index is 0.647. The summed E-state index contributed by atoms with van der Waals surface area (Å²) in [5.41, 5.74) is 2.41. The summed E-state index contributed by atoms with van der Waals surface area (Å²) in [4.78, 5) is 0. The third-order valence-electron chi connectivity index (χ3n) is 3.21. The molecule has 0 bridgehead atoms. The largest absolute Gasteiger partial charge is 0.384 e. The zero-order valence-electron chi connectivity index (χ0n) is 9.63. The molecule has 0 heterocycles. The lowest BCUT2D eigenvalue weighted by Crippen LogP contribution is -2.21. The Hall–Kier alpha value is -0.540. The molecular formula is C13H18BrNO. The first-order valence-corrected chi connectivity index (χ1v) is 6.60. The van der Waals surface area contributed by atoms with Crippen LogP contribution in [0.1, 0.15) is 24.8 Å². The molecule has 16 heavy (non-hydrogen) atoms. The second-order valence-corrected chi connectivity index (χ2v) is 5.23. The molecule has 1 saturated carbocycles. The van der Waals surface area contributed by atoms with Crippen LogP contribution >= 0.6 is 15.9 Å². The van der Waals surface area contributed by atoms with Crippen LogP contribution in [0.3, 0.4) is 0 Å². The molecule has 2 rings (SSSR count). The number of hydrogen-bond donors (Lipinski definition) is 1. The van der Waals surface area contributed by atoms with E-state index in [1.54, 1.807) is 7.11 Å². The number of halogens is 1. The van der Waals surface area contributed by atoms with Gasteiger partial charge in [-0.25, -0.2) is 0 Å². The first-order valence-electron chi connectivity index (χ1n) is 5.81. The van der Waals surface area contributed by atoms with Gasteiger partial charge in [-0.05, 0) is 30.9 Å². The molecule has 88 valence electrons. The molecule has 0 saturated heterocycles. The maximum Gasteiger partial charge on any atom is 0.0744 e. The van der Waals surface area contributed by atoms with E-state index in [2.05, 4.69) is 39.4 Å². The lowest BCUT2D eigenvalue weighted by molar-refractivity contribution is 0.185. The topological polar surface area (TPSA) is 21.3 Å². The standard InChI is InChI=1S/C13H18BrNO/c1-16-9-11-12(14)6-3-7-13(11)15-8-10-4-2-5-10/h3,6-7,10,15H,2,4-5,8-9H2,1H3. The third-order valence-corrected chi connectivity index (χ3v) is 3.96. The normalized spacial score (nSPS) is 15.9. The summed E-state index contributed by atoms with van der Waals surface area (Å²) < 4.78 is 6.34. The molecule has 1 aliphatic rings. The molecule has 1 fully saturated rings. The van der Waals surface area contributed by atoms with E-state index in [-0.39, 0.29) is 0 Å². The van der Waals surface area contributed by atoms with Gasteiger partial charge in [-0.1, -0.05) is 28.4 Å². The molecule has 3 heteroatoms. The molecule has 0 radical (unpaired) electrons. The van der Waals surface area contributed by atoms with E-state index >= 15 is 0 Å². The van der Waals surface area contributed by atoms with E-state index in [1.165, 1.54) is 30.5 Å². The van der Waals surface area contributed by atoms with Gasteiger partial charge in [0.25, 0.3) is 0 Å². The van der Waals surface area contributed by atoms with Crippen LogP contribution in [0.15, 0.2) is 22.7 Å². The number of anilines is 1. The Morgan fingerprint density at radius 3 is 2.88 bits per heavy atom. The van der Waals surface area contributed by atoms with Crippen LogP contribution in [0.2, 0.25) is 0 Å². The molecule has 0 unspecified atom stereocenters. The molecule has 1 aromatic carbocycles. The van der Waals surface area contributed by atoms with Crippen molar-refractivity contribution in [1.82, 2.24) is 0 Å². The fourth-order valence-electron chi connectivity index (χ4n) is 1.97. The fourth-order valence-corrected chi connectivity index (χ4v) is 2.45. The predicted octanol–water partition coefficient (Wildman–Crippen LogP) is 3.81. The van der Waals surface area contributed by atoms with Crippen LogP contribution in [0.4, 0.5) is 5.69 Å². The monoisotopic (exact) mass is 283 g/mol. The van der Waals surface area contributed by atoms with Crippen LogP contribution in [-0.2, 0) is 11.3 Å². The van der Waals surface area contributed by atoms with Gasteiger partial charge in [0.1, 0.15) is 0 Å². The molecule has 2 nitrogen and oxygen atoms in total. The van der Waals surface area contributed by atoms with E-state index in [4.69, 9.17) is 4.74 Å². The van der Waals surface area contributed by atoms with E-state index in [9.17, 15) is 0 Å². The van der Waals surface area contributed by atoms with E-state index in [0.29, 0.717) is 6.61 Å². The smallest absolute Gasteiger partial charge is 0.0744 e. The van der Waals surface area contributed by atoms with Crippen LogP contribution in [0.5, 0.6) is 0 Å². The zero-order valence-corrected chi connectivity index (χ0v) is 11.2. The average molecular weight is 284 g/mol. The minimum atomic E-state index is 0.647. The highest BCUT2D eigenvalue weighted by atomic mass is 79.9.